The smallest absolute Gasteiger partial charge is 0.261 e. The topological polar surface area (TPSA) is 52.6 Å². The first-order valence-electron chi connectivity index (χ1n) is 12.4. The Balaban J connectivity index is 1.33. The van der Waals surface area contributed by atoms with E-state index in [1.165, 1.54) is 0 Å². The first-order valence-corrected chi connectivity index (χ1v) is 15.6. The summed E-state index contributed by atoms with van der Waals surface area (Å²) in [5.41, 5.74) is 0. The van der Waals surface area contributed by atoms with Crippen molar-refractivity contribution in [1.82, 2.24) is 0 Å². The van der Waals surface area contributed by atoms with Crippen LogP contribution >= 0.6 is 14.7 Å². The molecule has 1 saturated carbocycles. The molecule has 0 aromatic heterocycles. The molecule has 36 heavy (non-hydrogen) atoms. The summed E-state index contributed by atoms with van der Waals surface area (Å²) in [5, 5.41) is 2.80. The summed E-state index contributed by atoms with van der Waals surface area (Å²) in [7, 11) is -6.49. The van der Waals surface area contributed by atoms with Gasteiger partial charge in [-0.1, -0.05) is 72.8 Å². The molecular weight excluding hydrogens is 486 g/mol. The van der Waals surface area contributed by atoms with Crippen LogP contribution in [0.2, 0.25) is 0 Å². The summed E-state index contributed by atoms with van der Waals surface area (Å²) in [5.74, 6) is 0. The van der Waals surface area contributed by atoms with Crippen molar-refractivity contribution in [3.8, 4) is 0 Å². The fraction of sp³-hybridized carbons (Fsp3) is 0.200. The largest absolute Gasteiger partial charge is 0.319 e. The van der Waals surface area contributed by atoms with Gasteiger partial charge in [0.15, 0.2) is 0 Å². The Morgan fingerprint density at radius 2 is 0.639 bits per heavy atom. The van der Waals surface area contributed by atoms with Crippen LogP contribution in [0.15, 0.2) is 121 Å². The van der Waals surface area contributed by atoms with E-state index in [-0.39, 0.29) is 12.2 Å². The Bertz CT molecular complexity index is 1140. The predicted octanol–water partition coefficient (Wildman–Crippen LogP) is 6.19. The molecule has 1 aliphatic carbocycles. The molecule has 1 aliphatic rings. The van der Waals surface area contributed by atoms with Crippen LogP contribution < -0.4 is 21.2 Å². The maximum Gasteiger partial charge on any atom is 0.261 e. The van der Waals surface area contributed by atoms with Gasteiger partial charge in [0.2, 0.25) is 0 Å². The van der Waals surface area contributed by atoms with Crippen LogP contribution in [0, 0.1) is 0 Å². The highest BCUT2D eigenvalue weighted by atomic mass is 31.2. The lowest BCUT2D eigenvalue weighted by atomic mass is 9.95. The van der Waals surface area contributed by atoms with Gasteiger partial charge in [0.1, 0.15) is 0 Å². The van der Waals surface area contributed by atoms with E-state index in [9.17, 15) is 9.13 Å². The SMILES string of the molecule is O=P(OC1CCC(OP(=O)(c2ccccc2)c2ccccc2)CC1)(c1ccccc1)c1ccccc1. The Kier molecular flexibility index (Phi) is 7.70. The van der Waals surface area contributed by atoms with Gasteiger partial charge in [-0.3, -0.25) is 9.13 Å². The van der Waals surface area contributed by atoms with E-state index in [1.54, 1.807) is 0 Å². The van der Waals surface area contributed by atoms with Crippen LogP contribution in [0.25, 0.3) is 0 Å². The third kappa shape index (κ3) is 5.33. The number of hydrogen-bond donors (Lipinski definition) is 0. The first kappa shape index (κ1) is 24.9. The number of rotatable bonds is 8. The van der Waals surface area contributed by atoms with E-state index in [0.717, 1.165) is 0 Å². The average molecular weight is 517 g/mol. The summed E-state index contributed by atoms with van der Waals surface area (Å²) < 4.78 is 41.4. The quantitative estimate of drug-likeness (QED) is 0.262. The van der Waals surface area contributed by atoms with Gasteiger partial charge in [0.05, 0.1) is 12.2 Å². The lowest BCUT2D eigenvalue weighted by molar-refractivity contribution is 0.0887. The fourth-order valence-corrected chi connectivity index (χ4v) is 9.30. The van der Waals surface area contributed by atoms with Crippen LogP contribution in [0.4, 0.5) is 0 Å². The third-order valence-electron chi connectivity index (χ3n) is 6.60. The highest BCUT2D eigenvalue weighted by Crippen LogP contribution is 2.50. The number of benzene rings is 4. The zero-order chi connectivity index (χ0) is 24.8. The van der Waals surface area contributed by atoms with Gasteiger partial charge in [-0.05, 0) is 74.2 Å². The lowest BCUT2D eigenvalue weighted by Gasteiger charge is -2.33. The van der Waals surface area contributed by atoms with Crippen LogP contribution in [-0.4, -0.2) is 12.2 Å². The van der Waals surface area contributed by atoms with Crippen molar-refractivity contribution >= 4 is 36.0 Å². The second-order valence-electron chi connectivity index (χ2n) is 9.05. The van der Waals surface area contributed by atoms with Crippen LogP contribution in [0.5, 0.6) is 0 Å². The van der Waals surface area contributed by atoms with Crippen molar-refractivity contribution in [1.29, 1.82) is 0 Å². The molecule has 184 valence electrons. The van der Waals surface area contributed by atoms with Crippen LogP contribution in [-0.2, 0) is 18.2 Å². The minimum absolute atomic E-state index is 0.163. The molecule has 0 N–H and O–H groups in total. The molecular formula is C30H30O4P2. The van der Waals surface area contributed by atoms with Gasteiger partial charge in [-0.25, -0.2) is 0 Å². The van der Waals surface area contributed by atoms with E-state index in [0.29, 0.717) is 46.9 Å². The molecule has 6 heteroatoms. The summed E-state index contributed by atoms with van der Waals surface area (Å²) >= 11 is 0. The van der Waals surface area contributed by atoms with E-state index in [1.807, 2.05) is 121 Å². The van der Waals surface area contributed by atoms with Crippen LogP contribution in [0.1, 0.15) is 25.7 Å². The molecule has 0 saturated heterocycles. The van der Waals surface area contributed by atoms with E-state index in [2.05, 4.69) is 0 Å². The standard InChI is InChI=1S/C30H30O4P2/c31-35(27-13-5-1-6-14-27,28-15-7-2-8-16-28)33-25-21-23-26(24-22-25)34-36(32,29-17-9-3-10-18-29)30-19-11-4-12-20-30/h1-20,25-26H,21-24H2. The molecule has 4 nitrogen and oxygen atoms in total. The molecule has 0 unspecified atom stereocenters. The van der Waals surface area contributed by atoms with Gasteiger partial charge in [0, 0.05) is 21.2 Å². The summed E-state index contributed by atoms with van der Waals surface area (Å²) in [6, 6.07) is 37.8. The Labute approximate surface area is 213 Å². The van der Waals surface area contributed by atoms with E-state index >= 15 is 0 Å². The highest BCUT2D eigenvalue weighted by Gasteiger charge is 2.37. The maximum atomic E-state index is 14.3. The molecule has 0 bridgehead atoms. The summed E-state index contributed by atoms with van der Waals surface area (Å²) in [4.78, 5) is 0. The second kappa shape index (κ2) is 11.1. The zero-order valence-electron chi connectivity index (χ0n) is 20.1. The molecule has 0 atom stereocenters. The van der Waals surface area contributed by atoms with Crippen LogP contribution in [0.3, 0.4) is 0 Å². The first-order chi connectivity index (χ1) is 17.6. The van der Waals surface area contributed by atoms with Crippen molar-refractivity contribution in [3.63, 3.8) is 0 Å². The Hall–Kier alpha value is -2.74. The highest BCUT2D eigenvalue weighted by molar-refractivity contribution is 7.74. The van der Waals surface area contributed by atoms with E-state index in [4.69, 9.17) is 9.05 Å². The summed E-state index contributed by atoms with van der Waals surface area (Å²) in [6.07, 6.45) is 2.44. The Morgan fingerprint density at radius 3 is 0.861 bits per heavy atom. The molecule has 0 amide bonds. The van der Waals surface area contributed by atoms with Gasteiger partial charge < -0.3 is 9.05 Å². The molecule has 5 rings (SSSR count). The van der Waals surface area contributed by atoms with Crippen molar-refractivity contribution in [2.45, 2.75) is 37.9 Å². The van der Waals surface area contributed by atoms with Gasteiger partial charge in [-0.2, -0.15) is 0 Å². The van der Waals surface area contributed by atoms with Gasteiger partial charge >= 0.3 is 0 Å². The normalized spacial score (nSPS) is 18.6. The predicted molar refractivity (Wildman–Crippen MR) is 148 cm³/mol. The zero-order valence-corrected chi connectivity index (χ0v) is 21.8. The van der Waals surface area contributed by atoms with E-state index < -0.39 is 14.7 Å². The second-order valence-corrected chi connectivity index (χ2v) is 13.7. The number of hydrogen-bond acceptors (Lipinski definition) is 4. The minimum atomic E-state index is -3.24. The fourth-order valence-electron chi connectivity index (χ4n) is 4.70. The molecule has 4 aromatic rings. The summed E-state index contributed by atoms with van der Waals surface area (Å²) in [6.45, 7) is 0. The molecule has 0 radical (unpaired) electrons. The van der Waals surface area contributed by atoms with Gasteiger partial charge in [0.25, 0.3) is 14.7 Å². The third-order valence-corrected chi connectivity index (χ3v) is 11.7. The monoisotopic (exact) mass is 516 g/mol. The maximum absolute atomic E-state index is 14.3. The minimum Gasteiger partial charge on any atom is -0.319 e. The van der Waals surface area contributed by atoms with Crippen molar-refractivity contribution in [3.05, 3.63) is 121 Å². The average Bonchev–Trinajstić information content (AvgIpc) is 2.96. The molecule has 1 fully saturated rings. The van der Waals surface area contributed by atoms with Gasteiger partial charge in [-0.15, -0.1) is 0 Å². The molecule has 4 aromatic carbocycles. The van der Waals surface area contributed by atoms with Crippen molar-refractivity contribution < 1.29 is 18.2 Å². The lowest BCUT2D eigenvalue weighted by Crippen LogP contribution is -2.30. The molecule has 0 aliphatic heterocycles. The van der Waals surface area contributed by atoms with Crippen molar-refractivity contribution in [2.75, 3.05) is 0 Å². The molecule has 0 heterocycles. The molecule has 0 spiro atoms. The van der Waals surface area contributed by atoms with Crippen molar-refractivity contribution in [2.24, 2.45) is 0 Å². The Morgan fingerprint density at radius 1 is 0.417 bits per heavy atom.